The molecule has 0 fully saturated rings. The fourth-order valence-electron chi connectivity index (χ4n) is 12.0. The molecule has 0 atom stereocenters. The van der Waals surface area contributed by atoms with Crippen molar-refractivity contribution in [3.05, 3.63) is 197 Å². The molecule has 362 valence electrons. The molecule has 0 aromatic heterocycles. The molecule has 0 amide bonds. The molecule has 2 aliphatic heterocycles. The summed E-state index contributed by atoms with van der Waals surface area (Å²) in [5.41, 5.74) is 22.6. The van der Waals surface area contributed by atoms with Gasteiger partial charge < -0.3 is 9.80 Å². The maximum absolute atomic E-state index is 9.29. The topological polar surface area (TPSA) is 6.48 Å². The molecule has 0 unspecified atom stereocenters. The van der Waals surface area contributed by atoms with Gasteiger partial charge in [0.2, 0.25) is 0 Å². The second-order valence-electron chi connectivity index (χ2n) is 25.6. The van der Waals surface area contributed by atoms with Gasteiger partial charge in [0.05, 0.1) is 5.69 Å². The van der Waals surface area contributed by atoms with Crippen LogP contribution in [0.15, 0.2) is 164 Å². The molecule has 8 aromatic rings. The van der Waals surface area contributed by atoms with E-state index in [0.717, 1.165) is 85.8 Å². The molecule has 2 nitrogen and oxygen atoms in total. The number of anilines is 6. The van der Waals surface area contributed by atoms with Gasteiger partial charge in [-0.05, 0) is 191 Å². The van der Waals surface area contributed by atoms with Crippen molar-refractivity contribution in [1.29, 1.82) is 0 Å². The van der Waals surface area contributed by atoms with Crippen molar-refractivity contribution in [2.24, 2.45) is 0 Å². The molecule has 0 saturated carbocycles. The van der Waals surface area contributed by atoms with Gasteiger partial charge in [0.25, 0.3) is 6.71 Å². The highest BCUT2D eigenvalue weighted by atomic mass is 15.2. The number of fused-ring (bicyclic) bond motifs is 5. The summed E-state index contributed by atoms with van der Waals surface area (Å²) in [4.78, 5) is 4.88. The van der Waals surface area contributed by atoms with E-state index in [1.165, 1.54) is 38.7 Å². The second-order valence-corrected chi connectivity index (χ2v) is 25.6. The Morgan fingerprint density at radius 1 is 0.417 bits per heavy atom. The molecule has 11 rings (SSSR count). The fraction of sp³-hybridized carbons (Fsp3) is 0.304. The van der Waals surface area contributed by atoms with E-state index in [0.29, 0.717) is 5.56 Å². The van der Waals surface area contributed by atoms with E-state index >= 15 is 0 Å². The summed E-state index contributed by atoms with van der Waals surface area (Å²) < 4.78 is 27.9. The van der Waals surface area contributed by atoms with Gasteiger partial charge in [0, 0.05) is 38.1 Å². The molecular weight excluding hydrogens is 868 g/mol. The van der Waals surface area contributed by atoms with Gasteiger partial charge in [-0.3, -0.25) is 0 Å². The van der Waals surface area contributed by atoms with Gasteiger partial charge in [0.1, 0.15) is 0 Å². The van der Waals surface area contributed by atoms with Crippen molar-refractivity contribution in [2.45, 2.75) is 137 Å². The molecule has 3 heteroatoms. The maximum atomic E-state index is 9.29. The molecule has 2 heterocycles. The molecule has 0 saturated heterocycles. The summed E-state index contributed by atoms with van der Waals surface area (Å²) in [6.45, 7) is 27.6. The Kier molecular flexibility index (Phi) is 10.3. The Labute approximate surface area is 436 Å². The second kappa shape index (κ2) is 16.7. The molecule has 1 aliphatic carbocycles. The molecular formula is C69H73BN2. The van der Waals surface area contributed by atoms with Crippen LogP contribution in [0, 0.1) is 6.85 Å². The first kappa shape index (κ1) is 44.2. The Balaban J connectivity index is 1.30. The van der Waals surface area contributed by atoms with Crippen molar-refractivity contribution in [3.8, 4) is 33.4 Å². The van der Waals surface area contributed by atoms with Gasteiger partial charge >= 0.3 is 0 Å². The van der Waals surface area contributed by atoms with Crippen molar-refractivity contribution < 1.29 is 4.11 Å². The van der Waals surface area contributed by atoms with Crippen LogP contribution in [-0.2, 0) is 27.1 Å². The Bertz CT molecular complexity index is 3490. The Morgan fingerprint density at radius 3 is 1.51 bits per heavy atom. The lowest BCUT2D eigenvalue weighted by molar-refractivity contribution is 0.332. The SMILES string of the molecule is [2H]C([2H])([2H])c1cc2c3c(c1)N(c1ccc(C(C)(C)C)cc1-c1cc(-c4ccccc4)cc(-c4ccccc4)c1)c1cc4c(cc1B3c1ccc(C(C)(C)C)cc1N2c1cccc(C(C)(C)C)c1)C(C)(C)CCC4(C)C. The predicted molar refractivity (Wildman–Crippen MR) is 313 cm³/mol. The van der Waals surface area contributed by atoms with Gasteiger partial charge in [-0.15, -0.1) is 0 Å². The predicted octanol–water partition coefficient (Wildman–Crippen LogP) is 17.3. The minimum absolute atomic E-state index is 0.0583. The summed E-state index contributed by atoms with van der Waals surface area (Å²) in [7, 11) is 0. The molecule has 0 spiro atoms. The largest absolute Gasteiger partial charge is 0.311 e. The Hall–Kier alpha value is -6.58. The number of hydrogen-bond acceptors (Lipinski definition) is 2. The standard InChI is InChI=1S/C69H73BN2/c1-44-34-62-64-63(35-44)72(59-31-29-51(66(5,6)7)40-54(59)49-37-47(45-22-17-15-18-23-45)36-48(38-49)46-24-19-16-20-25-46)61-43-56-55(68(11,12)32-33-69(56,13)14)42-58(61)70(64)57-30-28-52(67(8,9)10)41-60(57)71(62)53-27-21-26-50(39-53)65(2,3)4/h15-31,34-43H,32-33H2,1-14H3/i1D3. The van der Waals surface area contributed by atoms with Crippen molar-refractivity contribution in [2.75, 3.05) is 9.80 Å². The third-order valence-electron chi connectivity index (χ3n) is 16.4. The lowest BCUT2D eigenvalue weighted by Crippen LogP contribution is -2.62. The summed E-state index contributed by atoms with van der Waals surface area (Å²) in [6.07, 6.45) is 2.16. The highest BCUT2D eigenvalue weighted by Gasteiger charge is 2.47. The van der Waals surface area contributed by atoms with E-state index in [1.807, 2.05) is 12.1 Å². The van der Waals surface area contributed by atoms with Crippen molar-refractivity contribution in [1.82, 2.24) is 0 Å². The molecule has 0 radical (unpaired) electrons. The zero-order valence-electron chi connectivity index (χ0n) is 48.0. The van der Waals surface area contributed by atoms with Crippen LogP contribution in [0.4, 0.5) is 34.1 Å². The summed E-state index contributed by atoms with van der Waals surface area (Å²) in [5, 5.41) is 0. The molecule has 72 heavy (non-hydrogen) atoms. The van der Waals surface area contributed by atoms with E-state index in [2.05, 4.69) is 251 Å². The number of aryl methyl sites for hydroxylation is 1. The smallest absolute Gasteiger partial charge is 0.252 e. The van der Waals surface area contributed by atoms with E-state index in [1.54, 1.807) is 0 Å². The van der Waals surface area contributed by atoms with E-state index < -0.39 is 6.85 Å². The van der Waals surface area contributed by atoms with Crippen LogP contribution in [0.3, 0.4) is 0 Å². The van der Waals surface area contributed by atoms with Gasteiger partial charge in [-0.2, -0.15) is 0 Å². The van der Waals surface area contributed by atoms with Crippen molar-refractivity contribution in [3.63, 3.8) is 0 Å². The van der Waals surface area contributed by atoms with Crippen LogP contribution in [-0.4, -0.2) is 6.71 Å². The third kappa shape index (κ3) is 8.12. The van der Waals surface area contributed by atoms with E-state index in [9.17, 15) is 4.11 Å². The molecule has 0 bridgehead atoms. The zero-order valence-corrected chi connectivity index (χ0v) is 45.0. The molecule has 8 aromatic carbocycles. The average molecular weight is 944 g/mol. The number of nitrogens with zero attached hydrogens (tertiary/aromatic N) is 2. The number of rotatable bonds is 5. The molecule has 0 N–H and O–H groups in total. The lowest BCUT2D eigenvalue weighted by atomic mass is 9.33. The van der Waals surface area contributed by atoms with Gasteiger partial charge in [-0.1, -0.05) is 187 Å². The summed E-state index contributed by atoms with van der Waals surface area (Å²) in [6, 6.07) is 60.7. The minimum Gasteiger partial charge on any atom is -0.311 e. The van der Waals surface area contributed by atoms with Gasteiger partial charge in [0.15, 0.2) is 0 Å². The monoisotopic (exact) mass is 944 g/mol. The first-order valence-electron chi connectivity index (χ1n) is 27.8. The third-order valence-corrected chi connectivity index (χ3v) is 16.4. The first-order chi connectivity index (χ1) is 35.2. The Morgan fingerprint density at radius 2 is 0.931 bits per heavy atom. The fourth-order valence-corrected chi connectivity index (χ4v) is 12.0. The highest BCUT2D eigenvalue weighted by Crippen LogP contribution is 2.53. The van der Waals surface area contributed by atoms with Crippen LogP contribution < -0.4 is 26.2 Å². The normalized spacial score (nSPS) is 16.5. The number of hydrogen-bond donors (Lipinski definition) is 0. The summed E-state index contributed by atoms with van der Waals surface area (Å²) in [5.74, 6) is 0. The first-order valence-corrected chi connectivity index (χ1v) is 26.3. The van der Waals surface area contributed by atoms with Crippen molar-refractivity contribution >= 4 is 57.2 Å². The van der Waals surface area contributed by atoms with Crippen LogP contribution in [0.1, 0.15) is 140 Å². The van der Waals surface area contributed by atoms with Gasteiger partial charge in [-0.25, -0.2) is 0 Å². The lowest BCUT2D eigenvalue weighted by Gasteiger charge is -2.48. The summed E-state index contributed by atoms with van der Waals surface area (Å²) >= 11 is 0. The van der Waals surface area contributed by atoms with Crippen LogP contribution >= 0.6 is 0 Å². The van der Waals surface area contributed by atoms with E-state index in [-0.39, 0.29) is 33.8 Å². The quantitative estimate of drug-likeness (QED) is 0.159. The minimum atomic E-state index is -2.41. The maximum Gasteiger partial charge on any atom is 0.252 e. The van der Waals surface area contributed by atoms with E-state index in [4.69, 9.17) is 0 Å². The van der Waals surface area contributed by atoms with Crippen LogP contribution in [0.2, 0.25) is 0 Å². The molecule has 3 aliphatic rings. The number of benzene rings is 8. The average Bonchev–Trinajstić information content (AvgIpc) is 3.36. The van der Waals surface area contributed by atoms with Crippen LogP contribution in [0.25, 0.3) is 33.4 Å². The van der Waals surface area contributed by atoms with Crippen LogP contribution in [0.5, 0.6) is 0 Å². The highest BCUT2D eigenvalue weighted by molar-refractivity contribution is 7.00. The zero-order chi connectivity index (χ0) is 53.4.